The van der Waals surface area contributed by atoms with Crippen molar-refractivity contribution in [2.24, 2.45) is 0 Å². The average molecular weight is 277 g/mol. The van der Waals surface area contributed by atoms with Crippen molar-refractivity contribution in [1.29, 1.82) is 0 Å². The van der Waals surface area contributed by atoms with Crippen LogP contribution in [0.4, 0.5) is 5.69 Å². The van der Waals surface area contributed by atoms with Gasteiger partial charge >= 0.3 is 0 Å². The van der Waals surface area contributed by atoms with Gasteiger partial charge in [-0.05, 0) is 51.4 Å². The van der Waals surface area contributed by atoms with E-state index in [1.165, 1.54) is 25.9 Å². The van der Waals surface area contributed by atoms with Gasteiger partial charge in [-0.1, -0.05) is 12.1 Å². The van der Waals surface area contributed by atoms with Gasteiger partial charge in [-0.2, -0.15) is 0 Å². The van der Waals surface area contributed by atoms with E-state index in [9.17, 15) is 10.1 Å². The average Bonchev–Trinajstić information content (AvgIpc) is 2.92. The third-order valence-corrected chi connectivity index (χ3v) is 3.78. The van der Waals surface area contributed by atoms with Crippen LogP contribution in [0.15, 0.2) is 24.3 Å². The molecule has 0 saturated carbocycles. The van der Waals surface area contributed by atoms with Crippen LogP contribution in [0, 0.1) is 10.1 Å². The Labute approximate surface area is 120 Å². The molecule has 1 aromatic rings. The molecule has 0 amide bonds. The number of rotatable bonds is 7. The van der Waals surface area contributed by atoms with Gasteiger partial charge in [0, 0.05) is 24.7 Å². The molecule has 0 radical (unpaired) electrons. The van der Waals surface area contributed by atoms with Crippen LogP contribution in [0.5, 0.6) is 0 Å². The highest BCUT2D eigenvalue weighted by Gasteiger charge is 2.14. The van der Waals surface area contributed by atoms with E-state index < -0.39 is 0 Å². The molecule has 1 unspecified atom stereocenters. The zero-order valence-electron chi connectivity index (χ0n) is 12.0. The predicted octanol–water partition coefficient (Wildman–Crippen LogP) is 2.21. The molecule has 2 rings (SSSR count). The Kier molecular flexibility index (Phi) is 5.49. The number of likely N-dealkylation sites (tertiary alicyclic amines) is 1. The normalized spacial score (nSPS) is 17.2. The molecule has 1 aliphatic heterocycles. The zero-order valence-corrected chi connectivity index (χ0v) is 12.0. The molecule has 0 aromatic heterocycles. The van der Waals surface area contributed by atoms with Crippen LogP contribution >= 0.6 is 0 Å². The Morgan fingerprint density at radius 2 is 1.95 bits per heavy atom. The summed E-state index contributed by atoms with van der Waals surface area (Å²) in [4.78, 5) is 12.7. The molecule has 1 aromatic carbocycles. The molecular formula is C15H23N3O2. The molecule has 0 spiro atoms. The minimum absolute atomic E-state index is 0.157. The van der Waals surface area contributed by atoms with Gasteiger partial charge in [0.25, 0.3) is 5.69 Å². The number of benzene rings is 1. The molecule has 0 bridgehead atoms. The zero-order chi connectivity index (χ0) is 14.4. The van der Waals surface area contributed by atoms with E-state index >= 15 is 0 Å². The minimum Gasteiger partial charge on any atom is -0.313 e. The fourth-order valence-corrected chi connectivity index (χ4v) is 2.66. The van der Waals surface area contributed by atoms with Gasteiger partial charge in [0.2, 0.25) is 0 Å². The first kappa shape index (κ1) is 14.9. The lowest BCUT2D eigenvalue weighted by Crippen LogP contribution is -2.38. The van der Waals surface area contributed by atoms with Crippen molar-refractivity contribution < 1.29 is 4.92 Å². The van der Waals surface area contributed by atoms with Crippen molar-refractivity contribution in [3.63, 3.8) is 0 Å². The standard InChI is InChI=1S/C15H23N3O2/c1-13(12-17-10-2-3-11-17)16-9-8-14-4-6-15(7-5-14)18(19)20/h4-7,13,16H,2-3,8-12H2,1H3. The van der Waals surface area contributed by atoms with Gasteiger partial charge in [0.15, 0.2) is 0 Å². The Morgan fingerprint density at radius 3 is 2.55 bits per heavy atom. The van der Waals surface area contributed by atoms with Crippen molar-refractivity contribution in [3.05, 3.63) is 39.9 Å². The van der Waals surface area contributed by atoms with E-state index in [-0.39, 0.29) is 10.6 Å². The lowest BCUT2D eigenvalue weighted by atomic mass is 10.1. The number of hydrogen-bond acceptors (Lipinski definition) is 4. The number of nitrogens with zero attached hydrogens (tertiary/aromatic N) is 2. The smallest absolute Gasteiger partial charge is 0.269 e. The van der Waals surface area contributed by atoms with Crippen molar-refractivity contribution >= 4 is 5.69 Å². The Hall–Kier alpha value is -1.46. The van der Waals surface area contributed by atoms with Crippen molar-refractivity contribution in [1.82, 2.24) is 10.2 Å². The van der Waals surface area contributed by atoms with Gasteiger partial charge in [-0.25, -0.2) is 0 Å². The summed E-state index contributed by atoms with van der Waals surface area (Å²) in [5, 5.41) is 14.1. The van der Waals surface area contributed by atoms with Crippen LogP contribution in [0.1, 0.15) is 25.3 Å². The second-order valence-electron chi connectivity index (χ2n) is 5.54. The summed E-state index contributed by atoms with van der Waals surface area (Å²) in [6.07, 6.45) is 3.56. The molecule has 5 nitrogen and oxygen atoms in total. The van der Waals surface area contributed by atoms with Crippen LogP contribution in [-0.2, 0) is 6.42 Å². The third-order valence-electron chi connectivity index (χ3n) is 3.78. The Balaban J connectivity index is 1.68. The largest absolute Gasteiger partial charge is 0.313 e. The summed E-state index contributed by atoms with van der Waals surface area (Å²) in [5.74, 6) is 0. The molecule has 1 aliphatic rings. The highest BCUT2D eigenvalue weighted by Crippen LogP contribution is 2.12. The minimum atomic E-state index is -0.361. The topological polar surface area (TPSA) is 58.4 Å². The molecule has 5 heteroatoms. The van der Waals surface area contributed by atoms with Gasteiger partial charge in [0.05, 0.1) is 4.92 Å². The van der Waals surface area contributed by atoms with Gasteiger partial charge in [-0.3, -0.25) is 10.1 Å². The fraction of sp³-hybridized carbons (Fsp3) is 0.600. The van der Waals surface area contributed by atoms with Crippen LogP contribution < -0.4 is 5.32 Å². The molecule has 0 aliphatic carbocycles. The molecule has 1 fully saturated rings. The lowest BCUT2D eigenvalue weighted by molar-refractivity contribution is -0.384. The van der Waals surface area contributed by atoms with Crippen molar-refractivity contribution in [2.75, 3.05) is 26.2 Å². The van der Waals surface area contributed by atoms with E-state index in [2.05, 4.69) is 17.1 Å². The third kappa shape index (κ3) is 4.58. The number of nitro benzene ring substituents is 1. The molecule has 1 atom stereocenters. The van der Waals surface area contributed by atoms with E-state index in [4.69, 9.17) is 0 Å². The number of hydrogen-bond donors (Lipinski definition) is 1. The summed E-state index contributed by atoms with van der Waals surface area (Å²) in [6, 6.07) is 7.31. The lowest BCUT2D eigenvalue weighted by Gasteiger charge is -2.21. The maximum Gasteiger partial charge on any atom is 0.269 e. The molecule has 1 heterocycles. The van der Waals surface area contributed by atoms with Crippen LogP contribution in [-0.4, -0.2) is 42.0 Å². The van der Waals surface area contributed by atoms with Crippen molar-refractivity contribution in [3.8, 4) is 0 Å². The number of nitrogens with one attached hydrogen (secondary N) is 1. The summed E-state index contributed by atoms with van der Waals surface area (Å²) < 4.78 is 0. The van der Waals surface area contributed by atoms with Crippen LogP contribution in [0.25, 0.3) is 0 Å². The first-order valence-corrected chi connectivity index (χ1v) is 7.34. The van der Waals surface area contributed by atoms with Crippen LogP contribution in [0.2, 0.25) is 0 Å². The summed E-state index contributed by atoms with van der Waals surface area (Å²) in [7, 11) is 0. The summed E-state index contributed by atoms with van der Waals surface area (Å²) in [5.41, 5.74) is 1.29. The first-order valence-electron chi connectivity index (χ1n) is 7.34. The maximum atomic E-state index is 10.6. The number of non-ortho nitro benzene ring substituents is 1. The van der Waals surface area contributed by atoms with E-state index in [0.717, 1.165) is 25.1 Å². The SMILES string of the molecule is CC(CN1CCCC1)NCCc1ccc([N+](=O)[O-])cc1. The van der Waals surface area contributed by atoms with Gasteiger partial charge < -0.3 is 10.2 Å². The summed E-state index contributed by atoms with van der Waals surface area (Å²) >= 11 is 0. The predicted molar refractivity (Wildman–Crippen MR) is 79.9 cm³/mol. The van der Waals surface area contributed by atoms with Crippen molar-refractivity contribution in [2.45, 2.75) is 32.2 Å². The highest BCUT2D eigenvalue weighted by atomic mass is 16.6. The molecular weight excluding hydrogens is 254 g/mol. The highest BCUT2D eigenvalue weighted by molar-refractivity contribution is 5.32. The molecule has 20 heavy (non-hydrogen) atoms. The van der Waals surface area contributed by atoms with Crippen LogP contribution in [0.3, 0.4) is 0 Å². The van der Waals surface area contributed by atoms with E-state index in [1.807, 2.05) is 12.1 Å². The first-order chi connectivity index (χ1) is 9.65. The molecule has 1 saturated heterocycles. The second kappa shape index (κ2) is 7.36. The summed E-state index contributed by atoms with van der Waals surface area (Å²) in [6.45, 7) is 6.70. The monoisotopic (exact) mass is 277 g/mol. The van der Waals surface area contributed by atoms with Gasteiger partial charge in [-0.15, -0.1) is 0 Å². The molecule has 1 N–H and O–H groups in total. The van der Waals surface area contributed by atoms with Gasteiger partial charge in [0.1, 0.15) is 0 Å². The quantitative estimate of drug-likeness (QED) is 0.613. The second-order valence-corrected chi connectivity index (χ2v) is 5.54. The maximum absolute atomic E-state index is 10.6. The number of nitro groups is 1. The Bertz CT molecular complexity index is 427. The van der Waals surface area contributed by atoms with E-state index in [1.54, 1.807) is 12.1 Å². The van der Waals surface area contributed by atoms with E-state index in [0.29, 0.717) is 6.04 Å². The Morgan fingerprint density at radius 1 is 1.30 bits per heavy atom. The molecule has 110 valence electrons. The fourth-order valence-electron chi connectivity index (χ4n) is 2.66.